The minimum absolute atomic E-state index is 0.112. The molecule has 0 unspecified atom stereocenters. The second-order valence-corrected chi connectivity index (χ2v) is 6.06. The lowest BCUT2D eigenvalue weighted by Gasteiger charge is -1.97. The maximum absolute atomic E-state index is 10.7. The van der Waals surface area contributed by atoms with Crippen LogP contribution in [0.2, 0.25) is 0 Å². The highest BCUT2D eigenvalue weighted by atomic mass is 32.1. The minimum Gasteiger partial charge on any atom is -0.290 e. The van der Waals surface area contributed by atoms with Crippen molar-refractivity contribution in [3.63, 3.8) is 0 Å². The molecule has 0 aliphatic rings. The van der Waals surface area contributed by atoms with E-state index in [1.165, 1.54) is 16.8 Å². The van der Waals surface area contributed by atoms with Crippen molar-refractivity contribution >= 4 is 32.2 Å². The number of rotatable bonds is 3. The van der Waals surface area contributed by atoms with Crippen LogP contribution in [0.5, 0.6) is 0 Å². The Bertz CT molecular complexity index is 986. The highest BCUT2D eigenvalue weighted by Gasteiger charge is 2.10. The Balaban J connectivity index is 1.68. The van der Waals surface area contributed by atoms with E-state index < -0.39 is 0 Å². The fourth-order valence-corrected chi connectivity index (χ4v) is 3.55. The zero-order chi connectivity index (χ0) is 15.1. The van der Waals surface area contributed by atoms with E-state index in [2.05, 4.69) is 21.5 Å². The lowest BCUT2D eigenvalue weighted by Crippen LogP contribution is -1.91. The molecule has 108 valence electrons. The normalized spacial score (nSPS) is 11.3. The summed E-state index contributed by atoms with van der Waals surface area (Å²) in [5.74, 6) is 0. The highest BCUT2D eigenvalue weighted by Crippen LogP contribution is 2.26. The molecule has 2 heterocycles. The molecular formula is C16H11N3O2S. The topological polar surface area (TPSA) is 60.4 Å². The Kier molecular flexibility index (Phi) is 2.90. The van der Waals surface area contributed by atoms with E-state index in [1.54, 1.807) is 23.5 Å². The molecule has 22 heavy (non-hydrogen) atoms. The summed E-state index contributed by atoms with van der Waals surface area (Å²) in [6.45, 7) is 0. The molecule has 4 aromatic rings. The van der Waals surface area contributed by atoms with Crippen molar-refractivity contribution in [3.05, 3.63) is 76.1 Å². The number of imidazole rings is 1. The first-order valence-electron chi connectivity index (χ1n) is 6.79. The van der Waals surface area contributed by atoms with Crippen LogP contribution in [0.25, 0.3) is 15.2 Å². The predicted molar refractivity (Wildman–Crippen MR) is 86.5 cm³/mol. The summed E-state index contributed by atoms with van der Waals surface area (Å²) in [6.07, 6.45) is 2.70. The van der Waals surface area contributed by atoms with Crippen molar-refractivity contribution in [1.29, 1.82) is 0 Å². The third kappa shape index (κ3) is 2.14. The van der Waals surface area contributed by atoms with Gasteiger partial charge in [0.2, 0.25) is 0 Å². The largest absolute Gasteiger partial charge is 0.290 e. The fraction of sp³-hybridized carbons (Fsp3) is 0.0625. The molecule has 0 spiro atoms. The number of para-hydroxylation sites is 1. The van der Waals surface area contributed by atoms with Crippen molar-refractivity contribution in [2.75, 3.05) is 0 Å². The second-order valence-electron chi connectivity index (χ2n) is 5.05. The third-order valence-corrected chi connectivity index (χ3v) is 4.62. The molecule has 0 amide bonds. The monoisotopic (exact) mass is 309 g/mol. The van der Waals surface area contributed by atoms with Gasteiger partial charge in [0.15, 0.2) is 4.96 Å². The molecule has 4 rings (SSSR count). The van der Waals surface area contributed by atoms with Gasteiger partial charge in [-0.25, -0.2) is 4.98 Å². The molecule has 2 aromatic carbocycles. The lowest BCUT2D eigenvalue weighted by molar-refractivity contribution is -0.384. The van der Waals surface area contributed by atoms with Crippen molar-refractivity contribution in [1.82, 2.24) is 9.38 Å². The van der Waals surface area contributed by atoms with Crippen molar-refractivity contribution in [2.24, 2.45) is 0 Å². The summed E-state index contributed by atoms with van der Waals surface area (Å²) in [5.41, 5.74) is 3.25. The van der Waals surface area contributed by atoms with Crippen LogP contribution in [0.4, 0.5) is 5.69 Å². The molecule has 6 heteroatoms. The average molecular weight is 309 g/mol. The summed E-state index contributed by atoms with van der Waals surface area (Å²) < 4.78 is 3.31. The van der Waals surface area contributed by atoms with Crippen molar-refractivity contribution in [3.8, 4) is 0 Å². The smallest absolute Gasteiger partial charge is 0.269 e. The van der Waals surface area contributed by atoms with Crippen LogP contribution in [0.3, 0.4) is 0 Å². The van der Waals surface area contributed by atoms with Gasteiger partial charge in [-0.1, -0.05) is 35.6 Å². The molecule has 0 aliphatic heterocycles. The van der Waals surface area contributed by atoms with E-state index in [1.807, 2.05) is 18.3 Å². The Morgan fingerprint density at radius 3 is 2.68 bits per heavy atom. The number of nitro groups is 1. The number of benzene rings is 2. The van der Waals surface area contributed by atoms with E-state index in [-0.39, 0.29) is 10.6 Å². The van der Waals surface area contributed by atoms with E-state index >= 15 is 0 Å². The van der Waals surface area contributed by atoms with Gasteiger partial charge in [-0.2, -0.15) is 0 Å². The zero-order valence-electron chi connectivity index (χ0n) is 11.5. The maximum atomic E-state index is 10.7. The molecule has 5 nitrogen and oxygen atoms in total. The Morgan fingerprint density at radius 1 is 1.14 bits per heavy atom. The van der Waals surface area contributed by atoms with E-state index in [0.29, 0.717) is 6.42 Å². The first-order valence-corrected chi connectivity index (χ1v) is 7.61. The number of nitro benzene ring substituents is 1. The highest BCUT2D eigenvalue weighted by molar-refractivity contribution is 7.23. The van der Waals surface area contributed by atoms with Crippen LogP contribution in [-0.2, 0) is 6.42 Å². The molecule has 0 bridgehead atoms. The molecule has 0 saturated heterocycles. The van der Waals surface area contributed by atoms with Crippen LogP contribution in [0.1, 0.15) is 11.3 Å². The van der Waals surface area contributed by atoms with Crippen LogP contribution < -0.4 is 0 Å². The number of thiazole rings is 1. The standard InChI is InChI=1S/C16H11N3O2S/c20-19(21)13-7-5-11(6-8-13)9-12-10-18-14-3-1-2-4-15(14)22-16(18)17-12/h1-8,10H,9H2. The van der Waals surface area contributed by atoms with E-state index in [4.69, 9.17) is 0 Å². The van der Waals surface area contributed by atoms with Crippen LogP contribution in [0.15, 0.2) is 54.7 Å². The summed E-state index contributed by atoms with van der Waals surface area (Å²) in [5, 5.41) is 10.7. The van der Waals surface area contributed by atoms with Gasteiger partial charge >= 0.3 is 0 Å². The summed E-state index contributed by atoms with van der Waals surface area (Å²) >= 11 is 1.66. The lowest BCUT2D eigenvalue weighted by atomic mass is 10.1. The van der Waals surface area contributed by atoms with Crippen LogP contribution in [0, 0.1) is 10.1 Å². The number of hydrogen-bond donors (Lipinski definition) is 0. The summed E-state index contributed by atoms with van der Waals surface area (Å²) in [6, 6.07) is 14.8. The zero-order valence-corrected chi connectivity index (χ0v) is 12.3. The first-order chi connectivity index (χ1) is 10.7. The maximum Gasteiger partial charge on any atom is 0.269 e. The Morgan fingerprint density at radius 2 is 1.91 bits per heavy atom. The summed E-state index contributed by atoms with van der Waals surface area (Å²) in [7, 11) is 0. The van der Waals surface area contributed by atoms with Gasteiger partial charge in [0.1, 0.15) is 0 Å². The molecule has 2 aromatic heterocycles. The van der Waals surface area contributed by atoms with Gasteiger partial charge in [-0.15, -0.1) is 0 Å². The van der Waals surface area contributed by atoms with Crippen LogP contribution in [-0.4, -0.2) is 14.3 Å². The van der Waals surface area contributed by atoms with Gasteiger partial charge in [-0.05, 0) is 17.7 Å². The third-order valence-electron chi connectivity index (χ3n) is 3.58. The SMILES string of the molecule is O=[N+]([O-])c1ccc(Cc2cn3c(n2)sc2ccccc23)cc1. The molecule has 0 N–H and O–H groups in total. The Hall–Kier alpha value is -2.73. The molecule has 0 aliphatic carbocycles. The molecular weight excluding hydrogens is 298 g/mol. The average Bonchev–Trinajstić information content (AvgIpc) is 3.05. The molecule has 0 atom stereocenters. The van der Waals surface area contributed by atoms with E-state index in [0.717, 1.165) is 21.7 Å². The Labute approximate surface area is 129 Å². The van der Waals surface area contributed by atoms with Crippen molar-refractivity contribution < 1.29 is 4.92 Å². The van der Waals surface area contributed by atoms with Gasteiger partial charge < -0.3 is 0 Å². The molecule has 0 radical (unpaired) electrons. The van der Waals surface area contributed by atoms with Gasteiger partial charge in [0, 0.05) is 24.8 Å². The number of fused-ring (bicyclic) bond motifs is 3. The first kappa shape index (κ1) is 13.0. The fourth-order valence-electron chi connectivity index (χ4n) is 2.53. The van der Waals surface area contributed by atoms with Crippen LogP contribution >= 0.6 is 11.3 Å². The second kappa shape index (κ2) is 4.92. The van der Waals surface area contributed by atoms with E-state index in [9.17, 15) is 10.1 Å². The number of nitrogens with zero attached hydrogens (tertiary/aromatic N) is 3. The van der Waals surface area contributed by atoms with Gasteiger partial charge in [0.25, 0.3) is 5.69 Å². The predicted octanol–water partition coefficient (Wildman–Crippen LogP) is 4.05. The van der Waals surface area contributed by atoms with Crippen molar-refractivity contribution in [2.45, 2.75) is 6.42 Å². The number of aromatic nitrogens is 2. The van der Waals surface area contributed by atoms with Gasteiger partial charge in [0.05, 0.1) is 20.8 Å². The molecule has 0 fully saturated rings. The minimum atomic E-state index is -0.386. The van der Waals surface area contributed by atoms with Gasteiger partial charge in [-0.3, -0.25) is 14.5 Å². The molecule has 0 saturated carbocycles. The quantitative estimate of drug-likeness (QED) is 0.424. The summed E-state index contributed by atoms with van der Waals surface area (Å²) in [4.78, 5) is 15.9. The number of non-ortho nitro benzene ring substituents is 1. The number of hydrogen-bond acceptors (Lipinski definition) is 4.